The molecule has 0 radical (unpaired) electrons. The summed E-state index contributed by atoms with van der Waals surface area (Å²) in [6.07, 6.45) is 1.53. The van der Waals surface area contributed by atoms with Gasteiger partial charge in [0.2, 0.25) is 0 Å². The van der Waals surface area contributed by atoms with E-state index in [9.17, 15) is 14.7 Å². The van der Waals surface area contributed by atoms with Gasteiger partial charge >= 0.3 is 0 Å². The van der Waals surface area contributed by atoms with E-state index in [4.69, 9.17) is 0 Å². The number of phenols is 1. The number of hydrogen-bond donors (Lipinski definition) is 3. The minimum absolute atomic E-state index is 0.126. The van der Waals surface area contributed by atoms with Crippen molar-refractivity contribution in [2.75, 3.05) is 37.8 Å². The predicted octanol–water partition coefficient (Wildman–Crippen LogP) is 2.23. The average Bonchev–Trinajstić information content (AvgIpc) is 2.73. The van der Waals surface area contributed by atoms with Crippen molar-refractivity contribution in [3.8, 4) is 5.75 Å². The average molecular weight is 393 g/mol. The second kappa shape index (κ2) is 9.39. The lowest BCUT2D eigenvalue weighted by molar-refractivity contribution is 0.303. The zero-order chi connectivity index (χ0) is 20.8. The van der Waals surface area contributed by atoms with Crippen LogP contribution in [0.4, 0.5) is 11.4 Å². The van der Waals surface area contributed by atoms with Gasteiger partial charge in [0.25, 0.3) is 10.9 Å². The van der Waals surface area contributed by atoms with Crippen LogP contribution in [0.15, 0.2) is 64.2 Å². The first-order valence-electron chi connectivity index (χ1n) is 9.75. The lowest BCUT2D eigenvalue weighted by atomic mass is 10.0. The van der Waals surface area contributed by atoms with E-state index < -0.39 is 10.9 Å². The van der Waals surface area contributed by atoms with Crippen LogP contribution in [-0.4, -0.2) is 43.2 Å². The van der Waals surface area contributed by atoms with Crippen LogP contribution in [0.2, 0.25) is 0 Å². The van der Waals surface area contributed by atoms with Crippen LogP contribution >= 0.6 is 0 Å². The molecule has 6 nitrogen and oxygen atoms in total. The molecule has 0 aliphatic heterocycles. The molecule has 0 saturated carbocycles. The first-order chi connectivity index (χ1) is 14.0. The molecule has 6 heteroatoms. The zero-order valence-corrected chi connectivity index (χ0v) is 16.8. The number of benzene rings is 2. The van der Waals surface area contributed by atoms with Crippen LogP contribution in [0.3, 0.4) is 0 Å². The quantitative estimate of drug-likeness (QED) is 0.458. The second-order valence-corrected chi connectivity index (χ2v) is 7.44. The molecule has 1 atom stereocenters. The summed E-state index contributed by atoms with van der Waals surface area (Å²) in [6.45, 7) is 1.13. The highest BCUT2D eigenvalue weighted by Crippen LogP contribution is 2.17. The summed E-state index contributed by atoms with van der Waals surface area (Å²) in [7, 11) is 3.96. The molecule has 0 aliphatic carbocycles. The van der Waals surface area contributed by atoms with E-state index in [0.717, 1.165) is 18.4 Å². The third-order valence-corrected chi connectivity index (χ3v) is 5.12. The SMILES string of the molecule is CN(C)[C@H](CNc1c(NCCc2ccccc2)c(=O)c1=O)Cc1ccc(O)cc1. The Balaban J connectivity index is 1.58. The minimum Gasteiger partial charge on any atom is -0.508 e. The summed E-state index contributed by atoms with van der Waals surface area (Å²) in [6, 6.07) is 17.2. The summed E-state index contributed by atoms with van der Waals surface area (Å²) in [5, 5.41) is 15.7. The molecule has 0 unspecified atom stereocenters. The predicted molar refractivity (Wildman–Crippen MR) is 118 cm³/mol. The van der Waals surface area contributed by atoms with Gasteiger partial charge in [0, 0.05) is 19.1 Å². The van der Waals surface area contributed by atoms with Crippen molar-refractivity contribution in [2.24, 2.45) is 0 Å². The van der Waals surface area contributed by atoms with Gasteiger partial charge < -0.3 is 20.6 Å². The molecule has 0 amide bonds. The first kappa shape index (κ1) is 20.6. The van der Waals surface area contributed by atoms with Crippen molar-refractivity contribution >= 4 is 11.4 Å². The molecule has 3 rings (SSSR count). The van der Waals surface area contributed by atoms with Crippen molar-refractivity contribution in [1.29, 1.82) is 0 Å². The highest BCUT2D eigenvalue weighted by atomic mass is 16.3. The fourth-order valence-corrected chi connectivity index (χ4v) is 3.27. The van der Waals surface area contributed by atoms with Crippen LogP contribution in [0.25, 0.3) is 0 Å². The number of nitrogens with zero attached hydrogens (tertiary/aromatic N) is 1. The maximum Gasteiger partial charge on any atom is 0.253 e. The van der Waals surface area contributed by atoms with Crippen molar-refractivity contribution in [3.63, 3.8) is 0 Å². The second-order valence-electron chi connectivity index (χ2n) is 7.44. The summed E-state index contributed by atoms with van der Waals surface area (Å²) in [4.78, 5) is 26.1. The van der Waals surface area contributed by atoms with E-state index in [0.29, 0.717) is 24.5 Å². The van der Waals surface area contributed by atoms with Gasteiger partial charge in [-0.05, 0) is 50.2 Å². The van der Waals surface area contributed by atoms with E-state index in [1.807, 2.05) is 56.6 Å². The van der Waals surface area contributed by atoms with Crippen LogP contribution in [0, 0.1) is 0 Å². The highest BCUT2D eigenvalue weighted by molar-refractivity contribution is 5.74. The van der Waals surface area contributed by atoms with Crippen LogP contribution in [-0.2, 0) is 12.8 Å². The standard InChI is InChI=1S/C23H27N3O3/c1-26(2)18(14-17-8-10-19(27)11-9-17)15-25-21-20(22(28)23(21)29)24-13-12-16-6-4-3-5-7-16/h3-11,18,24-25,27H,12-15H2,1-2H3/t18-/m0/s1. The monoisotopic (exact) mass is 393 g/mol. The number of aromatic hydroxyl groups is 1. The first-order valence-corrected chi connectivity index (χ1v) is 9.75. The summed E-state index contributed by atoms with van der Waals surface area (Å²) >= 11 is 0. The molecule has 0 fully saturated rings. The van der Waals surface area contributed by atoms with Gasteiger partial charge in [0.05, 0.1) is 0 Å². The normalized spacial score (nSPS) is 12.2. The van der Waals surface area contributed by atoms with Gasteiger partial charge in [-0.25, -0.2) is 0 Å². The summed E-state index contributed by atoms with van der Waals surface area (Å²) in [5.74, 6) is 0.239. The van der Waals surface area contributed by atoms with Crippen molar-refractivity contribution in [1.82, 2.24) is 4.90 Å². The van der Waals surface area contributed by atoms with Crippen molar-refractivity contribution in [2.45, 2.75) is 18.9 Å². The number of rotatable bonds is 10. The Bertz CT molecular complexity index is 991. The van der Waals surface area contributed by atoms with E-state index in [1.54, 1.807) is 12.1 Å². The topological polar surface area (TPSA) is 81.7 Å². The van der Waals surface area contributed by atoms with Crippen LogP contribution < -0.4 is 21.5 Å². The van der Waals surface area contributed by atoms with E-state index >= 15 is 0 Å². The van der Waals surface area contributed by atoms with E-state index in [-0.39, 0.29) is 11.8 Å². The maximum atomic E-state index is 12.0. The fraction of sp³-hybridized carbons (Fsp3) is 0.304. The van der Waals surface area contributed by atoms with Gasteiger partial charge in [-0.2, -0.15) is 0 Å². The Morgan fingerprint density at radius 2 is 1.48 bits per heavy atom. The van der Waals surface area contributed by atoms with Gasteiger partial charge in [0.1, 0.15) is 17.1 Å². The molecular weight excluding hydrogens is 366 g/mol. The smallest absolute Gasteiger partial charge is 0.253 e. The number of anilines is 2. The Morgan fingerprint density at radius 1 is 0.862 bits per heavy atom. The van der Waals surface area contributed by atoms with Crippen molar-refractivity contribution in [3.05, 3.63) is 86.2 Å². The van der Waals surface area contributed by atoms with Crippen LogP contribution in [0.1, 0.15) is 11.1 Å². The number of nitrogens with one attached hydrogen (secondary N) is 2. The lowest BCUT2D eigenvalue weighted by Gasteiger charge is -2.26. The Labute approximate surface area is 170 Å². The lowest BCUT2D eigenvalue weighted by Crippen LogP contribution is -2.42. The third kappa shape index (κ3) is 5.23. The van der Waals surface area contributed by atoms with Gasteiger partial charge in [-0.3, -0.25) is 9.59 Å². The van der Waals surface area contributed by atoms with Gasteiger partial charge in [0.15, 0.2) is 0 Å². The molecule has 0 aromatic heterocycles. The Kier molecular flexibility index (Phi) is 6.67. The minimum atomic E-state index is -0.464. The number of hydrogen-bond acceptors (Lipinski definition) is 6. The molecule has 3 N–H and O–H groups in total. The molecule has 0 bridgehead atoms. The van der Waals surface area contributed by atoms with Crippen LogP contribution in [0.5, 0.6) is 5.75 Å². The molecule has 0 spiro atoms. The van der Waals surface area contributed by atoms with E-state index in [2.05, 4.69) is 15.5 Å². The molecule has 3 aromatic rings. The maximum absolute atomic E-state index is 12.0. The number of likely N-dealkylation sites (N-methyl/N-ethyl adjacent to an activating group) is 1. The molecule has 29 heavy (non-hydrogen) atoms. The molecule has 0 aliphatic rings. The molecule has 3 aromatic carbocycles. The Morgan fingerprint density at radius 3 is 2.10 bits per heavy atom. The largest absolute Gasteiger partial charge is 0.508 e. The highest BCUT2D eigenvalue weighted by Gasteiger charge is 2.22. The zero-order valence-electron chi connectivity index (χ0n) is 16.8. The van der Waals surface area contributed by atoms with Crippen molar-refractivity contribution < 1.29 is 5.11 Å². The number of phenolic OH excluding ortho intramolecular Hbond substituents is 1. The molecular formula is C23H27N3O3. The van der Waals surface area contributed by atoms with Gasteiger partial charge in [-0.1, -0.05) is 42.5 Å². The van der Waals surface area contributed by atoms with E-state index in [1.165, 1.54) is 5.56 Å². The fourth-order valence-electron chi connectivity index (χ4n) is 3.27. The van der Waals surface area contributed by atoms with Gasteiger partial charge in [-0.15, -0.1) is 0 Å². The summed E-state index contributed by atoms with van der Waals surface area (Å²) < 4.78 is 0. The third-order valence-electron chi connectivity index (χ3n) is 5.12. The molecule has 0 heterocycles. The Hall–Kier alpha value is -3.12. The molecule has 0 saturated heterocycles. The summed E-state index contributed by atoms with van der Waals surface area (Å²) in [5.41, 5.74) is 2.10. The molecule has 152 valence electrons.